The molecule has 0 aliphatic heterocycles. The predicted molar refractivity (Wildman–Crippen MR) is 92.6 cm³/mol. The fourth-order valence-electron chi connectivity index (χ4n) is 2.51. The normalized spacial score (nSPS) is 11.2. The minimum absolute atomic E-state index is 0.0913. The van der Waals surface area contributed by atoms with Crippen molar-refractivity contribution in [2.75, 3.05) is 6.61 Å². The Bertz CT molecular complexity index is 261. The van der Waals surface area contributed by atoms with Gasteiger partial charge in [0.2, 0.25) is 0 Å². The summed E-state index contributed by atoms with van der Waals surface area (Å²) in [5, 5.41) is 8.50. The third-order valence-electron chi connectivity index (χ3n) is 3.89. The van der Waals surface area contributed by atoms with E-state index in [9.17, 15) is 4.79 Å². The maximum atomic E-state index is 11.3. The lowest BCUT2D eigenvalue weighted by molar-refractivity contribution is -0.138. The molecule has 0 aliphatic rings. The molecular weight excluding hydrogens is 276 g/mol. The Balaban J connectivity index is 3.11. The van der Waals surface area contributed by atoms with E-state index in [1.165, 1.54) is 83.0 Å². The summed E-state index contributed by atoms with van der Waals surface area (Å²) in [6.45, 7) is 2.17. The van der Waals surface area contributed by atoms with Gasteiger partial charge in [-0.3, -0.25) is 4.79 Å². The zero-order chi connectivity index (χ0) is 16.3. The topological polar surface area (TPSA) is 46.5 Å². The summed E-state index contributed by atoms with van der Waals surface area (Å²) in [7, 11) is 0. The molecule has 0 rings (SSSR count). The molecule has 0 atom stereocenters. The Kier molecular flexibility index (Phi) is 17.5. The van der Waals surface area contributed by atoms with Crippen LogP contribution in [0, 0.1) is 0 Å². The average molecular weight is 312 g/mol. The van der Waals surface area contributed by atoms with Gasteiger partial charge in [-0.05, 0) is 12.5 Å². The smallest absolute Gasteiger partial charge is 0.310 e. The first-order chi connectivity index (χ1) is 10.8. The molecule has 0 aliphatic carbocycles. The summed E-state index contributed by atoms with van der Waals surface area (Å²) >= 11 is 0. The summed E-state index contributed by atoms with van der Waals surface area (Å²) in [6.07, 6.45) is 20.1. The fraction of sp³-hybridized carbons (Fsp3) is 0.842. The quantitative estimate of drug-likeness (QED) is 0.232. The molecule has 130 valence electrons. The SMILES string of the molecule is CCCCCCCCCCCCCCCC(=O)OC=CCO. The van der Waals surface area contributed by atoms with Crippen molar-refractivity contribution in [3.8, 4) is 0 Å². The first kappa shape index (κ1) is 21.2. The van der Waals surface area contributed by atoms with E-state index in [-0.39, 0.29) is 12.6 Å². The van der Waals surface area contributed by atoms with Crippen LogP contribution in [-0.4, -0.2) is 17.7 Å². The number of unbranched alkanes of at least 4 members (excludes halogenated alkanes) is 12. The molecule has 0 aromatic heterocycles. The first-order valence-corrected chi connectivity index (χ1v) is 9.26. The number of carbonyl (C=O) groups excluding carboxylic acids is 1. The monoisotopic (exact) mass is 312 g/mol. The third kappa shape index (κ3) is 17.2. The second kappa shape index (κ2) is 18.2. The van der Waals surface area contributed by atoms with Gasteiger partial charge in [0.15, 0.2) is 0 Å². The van der Waals surface area contributed by atoms with E-state index >= 15 is 0 Å². The molecule has 3 heteroatoms. The molecule has 22 heavy (non-hydrogen) atoms. The molecule has 0 heterocycles. The largest absolute Gasteiger partial charge is 0.435 e. The first-order valence-electron chi connectivity index (χ1n) is 9.26. The highest BCUT2D eigenvalue weighted by molar-refractivity contribution is 5.69. The van der Waals surface area contributed by atoms with Gasteiger partial charge in [-0.25, -0.2) is 0 Å². The van der Waals surface area contributed by atoms with Gasteiger partial charge in [-0.15, -0.1) is 0 Å². The van der Waals surface area contributed by atoms with Crippen LogP contribution in [0.5, 0.6) is 0 Å². The van der Waals surface area contributed by atoms with E-state index in [0.29, 0.717) is 6.42 Å². The second-order valence-electron chi connectivity index (χ2n) is 6.04. The van der Waals surface area contributed by atoms with Gasteiger partial charge < -0.3 is 9.84 Å². The van der Waals surface area contributed by atoms with Crippen LogP contribution in [0.25, 0.3) is 0 Å². The van der Waals surface area contributed by atoms with Crippen molar-refractivity contribution in [2.45, 2.75) is 96.8 Å². The molecule has 0 amide bonds. The molecule has 0 unspecified atom stereocenters. The number of aliphatic hydroxyl groups is 1. The van der Waals surface area contributed by atoms with Crippen LogP contribution in [0.4, 0.5) is 0 Å². The van der Waals surface area contributed by atoms with Gasteiger partial charge in [-0.1, -0.05) is 84.0 Å². The van der Waals surface area contributed by atoms with E-state index in [1.807, 2.05) is 0 Å². The van der Waals surface area contributed by atoms with Crippen molar-refractivity contribution in [3.63, 3.8) is 0 Å². The van der Waals surface area contributed by atoms with Crippen molar-refractivity contribution < 1.29 is 14.6 Å². The van der Waals surface area contributed by atoms with Gasteiger partial charge in [0.05, 0.1) is 12.9 Å². The van der Waals surface area contributed by atoms with Gasteiger partial charge in [0.25, 0.3) is 0 Å². The molecule has 0 saturated heterocycles. The highest BCUT2D eigenvalue weighted by Crippen LogP contribution is 2.13. The average Bonchev–Trinajstić information content (AvgIpc) is 2.52. The van der Waals surface area contributed by atoms with E-state index in [4.69, 9.17) is 9.84 Å². The summed E-state index contributed by atoms with van der Waals surface area (Å²) in [5.74, 6) is -0.201. The Morgan fingerprint density at radius 1 is 0.818 bits per heavy atom. The number of carbonyl (C=O) groups is 1. The molecule has 0 aromatic rings. The molecule has 3 nitrogen and oxygen atoms in total. The molecule has 1 N–H and O–H groups in total. The van der Waals surface area contributed by atoms with Crippen molar-refractivity contribution in [1.29, 1.82) is 0 Å². The summed E-state index contributed by atoms with van der Waals surface area (Å²) in [4.78, 5) is 11.3. The van der Waals surface area contributed by atoms with Crippen LogP contribution in [0.2, 0.25) is 0 Å². The van der Waals surface area contributed by atoms with Crippen molar-refractivity contribution in [1.82, 2.24) is 0 Å². The van der Waals surface area contributed by atoms with Crippen LogP contribution in [-0.2, 0) is 9.53 Å². The lowest BCUT2D eigenvalue weighted by atomic mass is 10.0. The minimum atomic E-state index is -0.201. The predicted octanol–water partition coefficient (Wildman–Crippen LogP) is 5.52. The molecule has 0 fully saturated rings. The number of aliphatic hydroxyl groups excluding tert-OH is 1. The minimum Gasteiger partial charge on any atom is -0.435 e. The molecular formula is C19H36O3. The zero-order valence-corrected chi connectivity index (χ0v) is 14.5. The number of ether oxygens (including phenoxy) is 1. The summed E-state index contributed by atoms with van der Waals surface area (Å²) < 4.78 is 4.81. The van der Waals surface area contributed by atoms with Crippen LogP contribution < -0.4 is 0 Å². The van der Waals surface area contributed by atoms with Crippen LogP contribution >= 0.6 is 0 Å². The Labute approximate surface area is 137 Å². The molecule has 0 aromatic carbocycles. The Morgan fingerprint density at radius 2 is 1.27 bits per heavy atom. The number of rotatable bonds is 16. The molecule has 0 radical (unpaired) electrons. The highest BCUT2D eigenvalue weighted by atomic mass is 16.5. The fourth-order valence-corrected chi connectivity index (χ4v) is 2.51. The molecule has 0 saturated carbocycles. The van der Waals surface area contributed by atoms with Gasteiger partial charge in [0, 0.05) is 6.42 Å². The Morgan fingerprint density at radius 3 is 1.73 bits per heavy atom. The maximum absolute atomic E-state index is 11.3. The van der Waals surface area contributed by atoms with E-state index < -0.39 is 0 Å². The van der Waals surface area contributed by atoms with Crippen molar-refractivity contribution in [3.05, 3.63) is 12.3 Å². The van der Waals surface area contributed by atoms with Crippen LogP contribution in [0.1, 0.15) is 96.8 Å². The standard InChI is InChI=1S/C19H36O3/c1-2-3-4-5-6-7-8-9-10-11-12-13-14-16-19(21)22-18-15-17-20/h15,18,20H,2-14,16-17H2,1H3. The van der Waals surface area contributed by atoms with Gasteiger partial charge in [0.1, 0.15) is 0 Å². The molecule has 0 spiro atoms. The molecule has 0 bridgehead atoms. The highest BCUT2D eigenvalue weighted by Gasteiger charge is 2.00. The number of esters is 1. The van der Waals surface area contributed by atoms with Crippen molar-refractivity contribution >= 4 is 5.97 Å². The lowest BCUT2D eigenvalue weighted by Gasteiger charge is -2.03. The van der Waals surface area contributed by atoms with E-state index in [0.717, 1.165) is 12.8 Å². The second-order valence-corrected chi connectivity index (χ2v) is 6.04. The lowest BCUT2D eigenvalue weighted by Crippen LogP contribution is -1.99. The summed E-state index contributed by atoms with van der Waals surface area (Å²) in [6, 6.07) is 0. The van der Waals surface area contributed by atoms with Gasteiger partial charge >= 0.3 is 5.97 Å². The van der Waals surface area contributed by atoms with Crippen LogP contribution in [0.15, 0.2) is 12.3 Å². The number of hydrogen-bond acceptors (Lipinski definition) is 3. The summed E-state index contributed by atoms with van der Waals surface area (Å²) in [5.41, 5.74) is 0. The van der Waals surface area contributed by atoms with E-state index in [2.05, 4.69) is 6.92 Å². The third-order valence-corrected chi connectivity index (χ3v) is 3.89. The van der Waals surface area contributed by atoms with Crippen molar-refractivity contribution in [2.24, 2.45) is 0 Å². The maximum Gasteiger partial charge on any atom is 0.310 e. The Hall–Kier alpha value is -0.830. The van der Waals surface area contributed by atoms with Gasteiger partial charge in [-0.2, -0.15) is 0 Å². The number of hydrogen-bond donors (Lipinski definition) is 1. The van der Waals surface area contributed by atoms with Crippen LogP contribution in [0.3, 0.4) is 0 Å². The van der Waals surface area contributed by atoms with E-state index in [1.54, 1.807) is 0 Å². The zero-order valence-electron chi connectivity index (χ0n) is 14.5.